The third kappa shape index (κ3) is 3.71. The molecule has 2 aromatic rings. The fourth-order valence-electron chi connectivity index (χ4n) is 1.60. The van der Waals surface area contributed by atoms with Crippen LogP contribution in [0.2, 0.25) is 5.02 Å². The zero-order valence-electron chi connectivity index (χ0n) is 10.5. The molecule has 0 aromatic heterocycles. The summed E-state index contributed by atoms with van der Waals surface area (Å²) in [6, 6.07) is 17.8. The summed E-state index contributed by atoms with van der Waals surface area (Å²) in [5.41, 5.74) is 1.44. The highest BCUT2D eigenvalue weighted by atomic mass is 35.5. The van der Waals surface area contributed by atoms with Gasteiger partial charge in [-0.1, -0.05) is 41.9 Å². The van der Waals surface area contributed by atoms with E-state index in [-0.39, 0.29) is 5.57 Å². The summed E-state index contributed by atoms with van der Waals surface area (Å²) < 4.78 is 0. The first-order chi connectivity index (χ1) is 9.69. The second kappa shape index (κ2) is 6.55. The lowest BCUT2D eigenvalue weighted by Gasteiger charge is -2.04. The molecular formula is C16H11ClN2O. The summed E-state index contributed by atoms with van der Waals surface area (Å²) in [5.74, 6) is -0.446. The van der Waals surface area contributed by atoms with E-state index in [0.717, 1.165) is 5.56 Å². The fraction of sp³-hybridized carbons (Fsp3) is 0. The van der Waals surface area contributed by atoms with Gasteiger partial charge in [0.05, 0.1) is 0 Å². The predicted molar refractivity (Wildman–Crippen MR) is 80.1 cm³/mol. The summed E-state index contributed by atoms with van der Waals surface area (Å²) in [4.78, 5) is 12.0. The maximum Gasteiger partial charge on any atom is 0.266 e. The first-order valence-electron chi connectivity index (χ1n) is 5.93. The number of hydrogen-bond donors (Lipinski definition) is 1. The average molecular weight is 283 g/mol. The number of nitriles is 1. The van der Waals surface area contributed by atoms with Crippen molar-refractivity contribution in [3.05, 3.63) is 70.8 Å². The van der Waals surface area contributed by atoms with E-state index in [1.165, 1.54) is 0 Å². The second-order valence-electron chi connectivity index (χ2n) is 4.04. The van der Waals surface area contributed by atoms with Gasteiger partial charge in [-0.3, -0.25) is 4.79 Å². The van der Waals surface area contributed by atoms with E-state index in [1.54, 1.807) is 30.3 Å². The molecule has 3 nitrogen and oxygen atoms in total. The van der Waals surface area contributed by atoms with Gasteiger partial charge < -0.3 is 5.32 Å². The predicted octanol–water partition coefficient (Wildman–Crippen LogP) is 3.89. The second-order valence-corrected chi connectivity index (χ2v) is 4.48. The summed E-state index contributed by atoms with van der Waals surface area (Å²) in [5, 5.41) is 12.3. The molecule has 0 fully saturated rings. The first kappa shape index (κ1) is 13.9. The van der Waals surface area contributed by atoms with Crippen molar-refractivity contribution in [2.75, 3.05) is 5.32 Å². The van der Waals surface area contributed by atoms with E-state index >= 15 is 0 Å². The molecule has 2 aromatic carbocycles. The van der Waals surface area contributed by atoms with Crippen LogP contribution in [0.4, 0.5) is 5.69 Å². The number of amides is 1. The lowest BCUT2D eigenvalue weighted by Crippen LogP contribution is -2.13. The zero-order chi connectivity index (χ0) is 14.4. The van der Waals surface area contributed by atoms with Crippen LogP contribution in [0.15, 0.2) is 60.2 Å². The number of anilines is 1. The van der Waals surface area contributed by atoms with Crippen LogP contribution in [0.5, 0.6) is 0 Å². The molecule has 0 atom stereocenters. The number of carbonyl (C=O) groups is 1. The van der Waals surface area contributed by atoms with Crippen LogP contribution in [0, 0.1) is 11.3 Å². The Balaban J connectivity index is 2.16. The Bertz CT molecular complexity index is 670. The molecule has 0 unspecified atom stereocenters. The van der Waals surface area contributed by atoms with Crippen LogP contribution < -0.4 is 5.32 Å². The first-order valence-corrected chi connectivity index (χ1v) is 6.30. The van der Waals surface area contributed by atoms with Gasteiger partial charge in [0.25, 0.3) is 5.91 Å². The summed E-state index contributed by atoms with van der Waals surface area (Å²) in [7, 11) is 0. The number of rotatable bonds is 3. The number of nitrogens with zero attached hydrogens (tertiary/aromatic N) is 1. The topological polar surface area (TPSA) is 52.9 Å². The quantitative estimate of drug-likeness (QED) is 0.686. The van der Waals surface area contributed by atoms with Gasteiger partial charge in [-0.25, -0.2) is 0 Å². The SMILES string of the molecule is N#CC(=Cc1ccccc1)C(=O)Nc1ccc(Cl)cc1. The molecule has 0 radical (unpaired) electrons. The molecule has 98 valence electrons. The maximum absolute atomic E-state index is 12.0. The van der Waals surface area contributed by atoms with Crippen LogP contribution in [0.25, 0.3) is 6.08 Å². The van der Waals surface area contributed by atoms with E-state index in [4.69, 9.17) is 16.9 Å². The van der Waals surface area contributed by atoms with Gasteiger partial charge in [0, 0.05) is 10.7 Å². The Morgan fingerprint density at radius 1 is 1.10 bits per heavy atom. The Morgan fingerprint density at radius 2 is 1.75 bits per heavy atom. The van der Waals surface area contributed by atoms with E-state index < -0.39 is 5.91 Å². The van der Waals surface area contributed by atoms with Crippen LogP contribution in [-0.4, -0.2) is 5.91 Å². The molecule has 0 aliphatic carbocycles. The van der Waals surface area contributed by atoms with Crippen molar-refractivity contribution in [2.45, 2.75) is 0 Å². The minimum atomic E-state index is -0.446. The fourth-order valence-corrected chi connectivity index (χ4v) is 1.72. The summed E-state index contributed by atoms with van der Waals surface area (Å²) >= 11 is 5.77. The van der Waals surface area contributed by atoms with Gasteiger partial charge >= 0.3 is 0 Å². The molecule has 0 aliphatic heterocycles. The maximum atomic E-state index is 12.0. The minimum absolute atomic E-state index is 0.0474. The molecule has 0 bridgehead atoms. The van der Waals surface area contributed by atoms with Crippen molar-refractivity contribution >= 4 is 29.3 Å². The molecule has 0 saturated heterocycles. The van der Waals surface area contributed by atoms with Crippen molar-refractivity contribution < 1.29 is 4.79 Å². The molecule has 1 N–H and O–H groups in total. The van der Waals surface area contributed by atoms with Crippen LogP contribution in [0.1, 0.15) is 5.56 Å². The van der Waals surface area contributed by atoms with Gasteiger partial charge in [-0.15, -0.1) is 0 Å². The third-order valence-electron chi connectivity index (χ3n) is 2.58. The number of nitrogens with one attached hydrogen (secondary N) is 1. The zero-order valence-corrected chi connectivity index (χ0v) is 11.3. The summed E-state index contributed by atoms with van der Waals surface area (Å²) in [6.07, 6.45) is 1.55. The Hall–Kier alpha value is -2.57. The molecule has 0 saturated carbocycles. The molecule has 0 heterocycles. The highest BCUT2D eigenvalue weighted by molar-refractivity contribution is 6.30. The molecule has 1 amide bonds. The van der Waals surface area contributed by atoms with Gasteiger partial charge in [0.1, 0.15) is 11.6 Å². The number of hydrogen-bond acceptors (Lipinski definition) is 2. The van der Waals surface area contributed by atoms with Crippen LogP contribution in [0.3, 0.4) is 0 Å². The van der Waals surface area contributed by atoms with E-state index in [1.807, 2.05) is 36.4 Å². The largest absolute Gasteiger partial charge is 0.321 e. The monoisotopic (exact) mass is 282 g/mol. The molecule has 4 heteroatoms. The van der Waals surface area contributed by atoms with Gasteiger partial charge in [0.2, 0.25) is 0 Å². The molecule has 20 heavy (non-hydrogen) atoms. The lowest BCUT2D eigenvalue weighted by molar-refractivity contribution is -0.112. The minimum Gasteiger partial charge on any atom is -0.321 e. The van der Waals surface area contributed by atoms with Crippen molar-refractivity contribution in [2.24, 2.45) is 0 Å². The molecule has 0 aliphatic rings. The van der Waals surface area contributed by atoms with Crippen LogP contribution >= 0.6 is 11.6 Å². The van der Waals surface area contributed by atoms with Gasteiger partial charge in [-0.05, 0) is 35.9 Å². The van der Waals surface area contributed by atoms with Crippen molar-refractivity contribution in [3.8, 4) is 6.07 Å². The highest BCUT2D eigenvalue weighted by Crippen LogP contribution is 2.15. The van der Waals surface area contributed by atoms with Gasteiger partial charge in [-0.2, -0.15) is 5.26 Å². The van der Waals surface area contributed by atoms with Crippen LogP contribution in [-0.2, 0) is 4.79 Å². The summed E-state index contributed by atoms with van der Waals surface area (Å²) in [6.45, 7) is 0. The van der Waals surface area contributed by atoms with Crippen molar-refractivity contribution in [3.63, 3.8) is 0 Å². The standard InChI is InChI=1S/C16H11ClN2O/c17-14-6-8-15(9-7-14)19-16(20)13(11-18)10-12-4-2-1-3-5-12/h1-10H,(H,19,20). The normalized spacial score (nSPS) is 10.7. The highest BCUT2D eigenvalue weighted by Gasteiger charge is 2.09. The van der Waals surface area contributed by atoms with E-state index in [9.17, 15) is 4.79 Å². The number of halogens is 1. The Labute approximate surface area is 122 Å². The molecule has 2 rings (SSSR count). The smallest absolute Gasteiger partial charge is 0.266 e. The van der Waals surface area contributed by atoms with Gasteiger partial charge in [0.15, 0.2) is 0 Å². The average Bonchev–Trinajstić information content (AvgIpc) is 2.48. The molecule has 0 spiro atoms. The van der Waals surface area contributed by atoms with Crippen molar-refractivity contribution in [1.82, 2.24) is 0 Å². The lowest BCUT2D eigenvalue weighted by atomic mass is 10.1. The van der Waals surface area contributed by atoms with E-state index in [0.29, 0.717) is 10.7 Å². The third-order valence-corrected chi connectivity index (χ3v) is 2.83. The van der Waals surface area contributed by atoms with Crippen molar-refractivity contribution in [1.29, 1.82) is 5.26 Å². The Morgan fingerprint density at radius 3 is 2.35 bits per heavy atom. The number of carbonyl (C=O) groups excluding carboxylic acids is 1. The van der Waals surface area contributed by atoms with E-state index in [2.05, 4.69) is 5.32 Å². The molecular weight excluding hydrogens is 272 g/mol. The number of benzene rings is 2. The Kier molecular flexibility index (Phi) is 4.54.